The highest BCUT2D eigenvalue weighted by Gasteiger charge is 2.21. The van der Waals surface area contributed by atoms with Gasteiger partial charge in [-0.05, 0) is 24.6 Å². The van der Waals surface area contributed by atoms with E-state index in [9.17, 15) is 19.3 Å². The van der Waals surface area contributed by atoms with Crippen molar-refractivity contribution in [2.24, 2.45) is 0 Å². The second-order valence-electron chi connectivity index (χ2n) is 3.46. The van der Waals surface area contributed by atoms with E-state index in [4.69, 9.17) is 4.74 Å². The van der Waals surface area contributed by atoms with Crippen molar-refractivity contribution in [2.75, 3.05) is 6.61 Å². The Balaban J connectivity index is 3.07. The molecule has 18 heavy (non-hydrogen) atoms. The maximum Gasteiger partial charge on any atom is 0.310 e. The average molecular weight is 320 g/mol. The molecule has 5 nitrogen and oxygen atoms in total. The number of hydrogen-bond donors (Lipinski definition) is 0. The predicted molar refractivity (Wildman–Crippen MR) is 66.0 cm³/mol. The number of hydrogen-bond acceptors (Lipinski definition) is 4. The van der Waals surface area contributed by atoms with E-state index in [0.29, 0.717) is 5.56 Å². The number of halogens is 2. The quantitative estimate of drug-likeness (QED) is 0.362. The van der Waals surface area contributed by atoms with E-state index in [2.05, 4.69) is 15.9 Å². The molecule has 0 radical (unpaired) electrons. The Morgan fingerprint density at radius 1 is 1.56 bits per heavy atom. The summed E-state index contributed by atoms with van der Waals surface area (Å²) in [6, 6.07) is 2.41. The van der Waals surface area contributed by atoms with Gasteiger partial charge in [-0.2, -0.15) is 4.39 Å². The molecule has 7 heteroatoms. The third-order valence-electron chi connectivity index (χ3n) is 2.18. The Kier molecular flexibility index (Phi) is 5.21. The zero-order chi connectivity index (χ0) is 13.7. The molecule has 0 saturated heterocycles. The average Bonchev–Trinajstić information content (AvgIpc) is 2.27. The fraction of sp³-hybridized carbons (Fsp3) is 0.364. The first-order chi connectivity index (χ1) is 8.49. The van der Waals surface area contributed by atoms with Crippen LogP contribution in [0.25, 0.3) is 0 Å². The molecule has 98 valence electrons. The van der Waals surface area contributed by atoms with Crippen LogP contribution >= 0.6 is 15.9 Å². The van der Waals surface area contributed by atoms with Gasteiger partial charge in [0.2, 0.25) is 5.82 Å². The Labute approximate surface area is 111 Å². The summed E-state index contributed by atoms with van der Waals surface area (Å²) >= 11 is 3.05. The van der Waals surface area contributed by atoms with Crippen molar-refractivity contribution in [3.8, 4) is 0 Å². The highest BCUT2D eigenvalue weighted by molar-refractivity contribution is 9.08. The first-order valence-corrected chi connectivity index (χ1v) is 6.29. The fourth-order valence-corrected chi connectivity index (χ4v) is 1.93. The second kappa shape index (κ2) is 6.44. The van der Waals surface area contributed by atoms with Gasteiger partial charge >= 0.3 is 11.7 Å². The van der Waals surface area contributed by atoms with Crippen molar-refractivity contribution in [2.45, 2.75) is 18.7 Å². The molecule has 1 aromatic carbocycles. The summed E-state index contributed by atoms with van der Waals surface area (Å²) in [7, 11) is 0. The van der Waals surface area contributed by atoms with Crippen LogP contribution in [0.15, 0.2) is 12.1 Å². The van der Waals surface area contributed by atoms with Crippen LogP contribution in [0.4, 0.5) is 10.1 Å². The standard InChI is InChI=1S/C11H11BrFNO4/c1-2-18-10(15)5-7-3-8(6-12)11(14(16)17)9(13)4-7/h3-4H,2,5-6H2,1H3. The topological polar surface area (TPSA) is 69.4 Å². The lowest BCUT2D eigenvalue weighted by Gasteiger charge is -2.05. The van der Waals surface area contributed by atoms with E-state index >= 15 is 0 Å². The SMILES string of the molecule is CCOC(=O)Cc1cc(F)c([N+](=O)[O-])c(CBr)c1. The van der Waals surface area contributed by atoms with Gasteiger partial charge in [0.15, 0.2) is 0 Å². The van der Waals surface area contributed by atoms with Crippen molar-refractivity contribution in [1.82, 2.24) is 0 Å². The number of ether oxygens (including phenoxy) is 1. The third kappa shape index (κ3) is 3.49. The zero-order valence-electron chi connectivity index (χ0n) is 9.61. The van der Waals surface area contributed by atoms with E-state index in [-0.39, 0.29) is 23.9 Å². The number of nitro groups is 1. The minimum Gasteiger partial charge on any atom is -0.466 e. The molecule has 0 atom stereocenters. The molecule has 0 fully saturated rings. The molecule has 0 bridgehead atoms. The molecular formula is C11H11BrFNO4. The van der Waals surface area contributed by atoms with Crippen molar-refractivity contribution in [3.05, 3.63) is 39.2 Å². The summed E-state index contributed by atoms with van der Waals surface area (Å²) in [5.74, 6) is -1.44. The van der Waals surface area contributed by atoms with Gasteiger partial charge in [-0.3, -0.25) is 14.9 Å². The summed E-state index contributed by atoms with van der Waals surface area (Å²) in [5, 5.41) is 10.8. The number of alkyl halides is 1. The minimum absolute atomic E-state index is 0.108. The van der Waals surface area contributed by atoms with E-state index in [1.165, 1.54) is 6.07 Å². The van der Waals surface area contributed by atoms with Gasteiger partial charge in [-0.1, -0.05) is 15.9 Å². The normalized spacial score (nSPS) is 10.2. The summed E-state index contributed by atoms with van der Waals surface area (Å²) in [6.45, 7) is 1.90. The van der Waals surface area contributed by atoms with Crippen LogP contribution < -0.4 is 0 Å². The number of esters is 1. The van der Waals surface area contributed by atoms with E-state index in [0.717, 1.165) is 6.07 Å². The van der Waals surface area contributed by atoms with Crippen molar-refractivity contribution >= 4 is 27.6 Å². The van der Waals surface area contributed by atoms with Gasteiger partial charge in [0.05, 0.1) is 18.0 Å². The fourth-order valence-electron chi connectivity index (χ4n) is 1.51. The molecule has 1 rings (SSSR count). The number of rotatable bonds is 5. The molecule has 0 aromatic heterocycles. The summed E-state index contributed by atoms with van der Waals surface area (Å²) in [6.07, 6.45) is -0.108. The maximum absolute atomic E-state index is 13.6. The monoisotopic (exact) mass is 319 g/mol. The molecular weight excluding hydrogens is 309 g/mol. The number of benzene rings is 1. The number of nitro benzene ring substituents is 1. The lowest BCUT2D eigenvalue weighted by molar-refractivity contribution is -0.388. The summed E-state index contributed by atoms with van der Waals surface area (Å²) in [4.78, 5) is 21.2. The Hall–Kier alpha value is -1.50. The zero-order valence-corrected chi connectivity index (χ0v) is 11.2. The van der Waals surface area contributed by atoms with E-state index in [1.54, 1.807) is 6.92 Å². The third-order valence-corrected chi connectivity index (χ3v) is 2.79. The first kappa shape index (κ1) is 14.6. The first-order valence-electron chi connectivity index (χ1n) is 5.16. The number of carbonyl (C=O) groups is 1. The Morgan fingerprint density at radius 2 is 2.22 bits per heavy atom. The van der Waals surface area contributed by atoms with Crippen LogP contribution in [-0.2, 0) is 21.3 Å². The van der Waals surface area contributed by atoms with Gasteiger partial charge in [0.25, 0.3) is 0 Å². The largest absolute Gasteiger partial charge is 0.466 e. The molecule has 0 saturated carbocycles. The van der Waals surface area contributed by atoms with Crippen molar-refractivity contribution < 1.29 is 18.8 Å². The summed E-state index contributed by atoms with van der Waals surface area (Å²) < 4.78 is 18.3. The van der Waals surface area contributed by atoms with Gasteiger partial charge < -0.3 is 4.74 Å². The molecule has 0 aliphatic heterocycles. The molecule has 0 aliphatic rings. The van der Waals surface area contributed by atoms with Crippen LogP contribution in [-0.4, -0.2) is 17.5 Å². The molecule has 0 spiro atoms. The van der Waals surface area contributed by atoms with Gasteiger partial charge in [-0.15, -0.1) is 0 Å². The lowest BCUT2D eigenvalue weighted by Crippen LogP contribution is -2.09. The van der Waals surface area contributed by atoms with Gasteiger partial charge in [0.1, 0.15) is 0 Å². The smallest absolute Gasteiger partial charge is 0.310 e. The minimum atomic E-state index is -0.948. The van der Waals surface area contributed by atoms with Crippen LogP contribution in [0.3, 0.4) is 0 Å². The predicted octanol–water partition coefficient (Wildman–Crippen LogP) is 2.73. The second-order valence-corrected chi connectivity index (χ2v) is 4.02. The molecule has 0 aliphatic carbocycles. The van der Waals surface area contributed by atoms with E-state index in [1.807, 2.05) is 0 Å². The summed E-state index contributed by atoms with van der Waals surface area (Å²) in [5.41, 5.74) is -0.0233. The number of carbonyl (C=O) groups excluding carboxylic acids is 1. The lowest BCUT2D eigenvalue weighted by atomic mass is 10.1. The van der Waals surface area contributed by atoms with Gasteiger partial charge in [-0.25, -0.2) is 0 Å². The van der Waals surface area contributed by atoms with Crippen LogP contribution in [0, 0.1) is 15.9 Å². The molecule has 0 unspecified atom stereocenters. The highest BCUT2D eigenvalue weighted by atomic mass is 79.9. The highest BCUT2D eigenvalue weighted by Crippen LogP contribution is 2.26. The molecule has 0 heterocycles. The van der Waals surface area contributed by atoms with Crippen LogP contribution in [0.2, 0.25) is 0 Å². The Bertz CT molecular complexity index is 478. The molecule has 0 N–H and O–H groups in total. The van der Waals surface area contributed by atoms with Crippen LogP contribution in [0.1, 0.15) is 18.1 Å². The van der Waals surface area contributed by atoms with E-state index < -0.39 is 22.4 Å². The van der Waals surface area contributed by atoms with Crippen molar-refractivity contribution in [1.29, 1.82) is 0 Å². The maximum atomic E-state index is 13.6. The van der Waals surface area contributed by atoms with Crippen LogP contribution in [0.5, 0.6) is 0 Å². The molecule has 0 amide bonds. The number of nitrogens with zero attached hydrogens (tertiary/aromatic N) is 1. The van der Waals surface area contributed by atoms with Crippen molar-refractivity contribution in [3.63, 3.8) is 0 Å². The molecule has 1 aromatic rings. The van der Waals surface area contributed by atoms with Gasteiger partial charge in [0, 0.05) is 10.9 Å². The Morgan fingerprint density at radius 3 is 2.72 bits per heavy atom.